The molecule has 4 nitrogen and oxygen atoms in total. The molecule has 1 aliphatic heterocycles. The summed E-state index contributed by atoms with van der Waals surface area (Å²) in [4.78, 5) is 14.0. The van der Waals surface area contributed by atoms with Crippen LogP contribution in [0.25, 0.3) is 0 Å². The minimum Gasteiger partial charge on any atom is -0.355 e. The monoisotopic (exact) mass is 277 g/mol. The second-order valence-electron chi connectivity index (χ2n) is 5.60. The summed E-state index contributed by atoms with van der Waals surface area (Å²) in [5.74, 6) is 0.966. The lowest BCUT2D eigenvalue weighted by molar-refractivity contribution is -0.123. The van der Waals surface area contributed by atoms with Crippen LogP contribution in [-0.2, 0) is 4.79 Å². The second-order valence-corrected chi connectivity index (χ2v) is 5.60. The summed E-state index contributed by atoms with van der Waals surface area (Å²) < 4.78 is 0. The van der Waals surface area contributed by atoms with Crippen LogP contribution in [0.1, 0.15) is 33.1 Å². The third-order valence-electron chi connectivity index (χ3n) is 3.71. The van der Waals surface area contributed by atoms with Crippen molar-refractivity contribution in [2.75, 3.05) is 26.7 Å². The van der Waals surface area contributed by atoms with E-state index in [0.29, 0.717) is 0 Å². The van der Waals surface area contributed by atoms with Gasteiger partial charge in [0.15, 0.2) is 0 Å². The van der Waals surface area contributed by atoms with Gasteiger partial charge in [-0.1, -0.05) is 13.8 Å². The topological polar surface area (TPSA) is 58.4 Å². The Morgan fingerprint density at radius 3 is 2.44 bits per heavy atom. The maximum atomic E-state index is 11.6. The van der Waals surface area contributed by atoms with Crippen molar-refractivity contribution in [1.82, 2.24) is 10.2 Å². The first-order valence-electron chi connectivity index (χ1n) is 6.72. The predicted molar refractivity (Wildman–Crippen MR) is 77.9 cm³/mol. The van der Waals surface area contributed by atoms with Crippen molar-refractivity contribution in [2.24, 2.45) is 17.6 Å². The highest BCUT2D eigenvalue weighted by Gasteiger charge is 2.19. The largest absolute Gasteiger partial charge is 0.355 e. The highest BCUT2D eigenvalue weighted by atomic mass is 35.5. The van der Waals surface area contributed by atoms with Crippen LogP contribution in [0.15, 0.2) is 0 Å². The van der Waals surface area contributed by atoms with Crippen LogP contribution >= 0.6 is 12.4 Å². The van der Waals surface area contributed by atoms with Crippen molar-refractivity contribution >= 4 is 18.3 Å². The molecular weight excluding hydrogens is 250 g/mol. The number of likely N-dealkylation sites (tertiary alicyclic amines) is 1. The number of carbonyl (C=O) groups excluding carboxylic acids is 1. The zero-order valence-corrected chi connectivity index (χ0v) is 12.6. The quantitative estimate of drug-likeness (QED) is 0.795. The van der Waals surface area contributed by atoms with Gasteiger partial charge in [0.25, 0.3) is 0 Å². The summed E-state index contributed by atoms with van der Waals surface area (Å²) in [7, 11) is 2.17. The molecule has 1 saturated heterocycles. The lowest BCUT2D eigenvalue weighted by atomic mass is 9.94. The van der Waals surface area contributed by atoms with Crippen LogP contribution in [0.5, 0.6) is 0 Å². The maximum absolute atomic E-state index is 11.6. The molecule has 0 bridgehead atoms. The smallest absolute Gasteiger partial charge is 0.237 e. The molecule has 108 valence electrons. The van der Waals surface area contributed by atoms with Gasteiger partial charge in [0.05, 0.1) is 6.04 Å². The molecule has 1 aliphatic rings. The van der Waals surface area contributed by atoms with E-state index < -0.39 is 0 Å². The zero-order valence-electron chi connectivity index (χ0n) is 11.8. The number of carbonyl (C=O) groups is 1. The average Bonchev–Trinajstić information content (AvgIpc) is 2.30. The molecule has 1 amide bonds. The molecule has 0 aromatic heterocycles. The van der Waals surface area contributed by atoms with Crippen molar-refractivity contribution in [3.63, 3.8) is 0 Å². The molecule has 18 heavy (non-hydrogen) atoms. The summed E-state index contributed by atoms with van der Waals surface area (Å²) in [6, 6.07) is -0.368. The number of rotatable bonds is 5. The fourth-order valence-electron chi connectivity index (χ4n) is 2.17. The number of piperidine rings is 1. The molecule has 0 aliphatic carbocycles. The fraction of sp³-hybridized carbons (Fsp3) is 0.923. The molecule has 0 saturated carbocycles. The number of hydrogen-bond acceptors (Lipinski definition) is 3. The second kappa shape index (κ2) is 8.73. The van der Waals surface area contributed by atoms with Gasteiger partial charge < -0.3 is 16.0 Å². The zero-order chi connectivity index (χ0) is 12.8. The molecule has 3 N–H and O–H groups in total. The first kappa shape index (κ1) is 17.7. The molecule has 1 rings (SSSR count). The van der Waals surface area contributed by atoms with Crippen molar-refractivity contribution < 1.29 is 4.79 Å². The Hall–Kier alpha value is -0.320. The lowest BCUT2D eigenvalue weighted by Crippen LogP contribution is -2.44. The van der Waals surface area contributed by atoms with Gasteiger partial charge in [0, 0.05) is 6.54 Å². The summed E-state index contributed by atoms with van der Waals surface area (Å²) in [6.07, 6.45) is 3.59. The number of nitrogens with zero attached hydrogens (tertiary/aromatic N) is 1. The molecule has 0 spiro atoms. The highest BCUT2D eigenvalue weighted by Crippen LogP contribution is 2.18. The van der Waals surface area contributed by atoms with E-state index in [4.69, 9.17) is 5.73 Å². The molecule has 1 fully saturated rings. The van der Waals surface area contributed by atoms with Crippen molar-refractivity contribution in [3.8, 4) is 0 Å². The molecule has 0 aromatic carbocycles. The standard InChI is InChI=1S/C13H27N3O.ClH/c1-10(2)12(14)13(17)15-7-4-11-5-8-16(3)9-6-11;/h10-12H,4-9,14H2,1-3H3,(H,15,17);1H/t12-;/m0./s1. The third-order valence-corrected chi connectivity index (χ3v) is 3.71. The Morgan fingerprint density at radius 1 is 1.39 bits per heavy atom. The Balaban J connectivity index is 0.00000289. The minimum absolute atomic E-state index is 0. The molecule has 0 aromatic rings. The number of nitrogens with two attached hydrogens (primary N) is 1. The van der Waals surface area contributed by atoms with Gasteiger partial charge in [-0.25, -0.2) is 0 Å². The van der Waals surface area contributed by atoms with Gasteiger partial charge >= 0.3 is 0 Å². The summed E-state index contributed by atoms with van der Waals surface area (Å²) in [5, 5.41) is 2.94. The Labute approximate surface area is 117 Å². The van der Waals surface area contributed by atoms with E-state index in [1.165, 1.54) is 25.9 Å². The summed E-state index contributed by atoms with van der Waals surface area (Å²) in [5.41, 5.74) is 5.78. The van der Waals surface area contributed by atoms with Crippen LogP contribution in [0.3, 0.4) is 0 Å². The number of nitrogens with one attached hydrogen (secondary N) is 1. The predicted octanol–water partition coefficient (Wildman–Crippen LogP) is 1.24. The normalized spacial score (nSPS) is 19.4. The van der Waals surface area contributed by atoms with Crippen LogP contribution in [0.2, 0.25) is 0 Å². The first-order valence-corrected chi connectivity index (χ1v) is 6.72. The maximum Gasteiger partial charge on any atom is 0.237 e. The molecule has 1 atom stereocenters. The van der Waals surface area contributed by atoms with Gasteiger partial charge in [0.2, 0.25) is 5.91 Å². The minimum atomic E-state index is -0.368. The van der Waals surface area contributed by atoms with E-state index in [1.54, 1.807) is 0 Å². The van der Waals surface area contributed by atoms with Crippen LogP contribution in [0.4, 0.5) is 0 Å². The van der Waals surface area contributed by atoms with E-state index in [0.717, 1.165) is 18.9 Å². The number of hydrogen-bond donors (Lipinski definition) is 2. The van der Waals surface area contributed by atoms with E-state index in [1.807, 2.05) is 13.8 Å². The van der Waals surface area contributed by atoms with E-state index in [9.17, 15) is 4.79 Å². The van der Waals surface area contributed by atoms with Gasteiger partial charge in [-0.3, -0.25) is 4.79 Å². The fourth-order valence-corrected chi connectivity index (χ4v) is 2.17. The molecule has 5 heteroatoms. The van der Waals surface area contributed by atoms with Crippen molar-refractivity contribution in [3.05, 3.63) is 0 Å². The van der Waals surface area contributed by atoms with E-state index in [2.05, 4.69) is 17.3 Å². The molecule has 1 heterocycles. The number of amides is 1. The molecule has 0 radical (unpaired) electrons. The van der Waals surface area contributed by atoms with Gasteiger partial charge in [0.1, 0.15) is 0 Å². The van der Waals surface area contributed by atoms with E-state index in [-0.39, 0.29) is 30.3 Å². The van der Waals surface area contributed by atoms with Crippen LogP contribution < -0.4 is 11.1 Å². The van der Waals surface area contributed by atoms with Gasteiger partial charge in [-0.15, -0.1) is 12.4 Å². The Bertz CT molecular complexity index is 240. The Kier molecular flexibility index (Phi) is 8.57. The van der Waals surface area contributed by atoms with Crippen LogP contribution in [-0.4, -0.2) is 43.5 Å². The molecule has 0 unspecified atom stereocenters. The summed E-state index contributed by atoms with van der Waals surface area (Å²) >= 11 is 0. The third kappa shape index (κ3) is 6.03. The van der Waals surface area contributed by atoms with E-state index >= 15 is 0 Å². The van der Waals surface area contributed by atoms with Crippen molar-refractivity contribution in [1.29, 1.82) is 0 Å². The molecular formula is C13H28ClN3O. The van der Waals surface area contributed by atoms with Crippen LogP contribution in [0, 0.1) is 11.8 Å². The average molecular weight is 278 g/mol. The highest BCUT2D eigenvalue weighted by molar-refractivity contribution is 5.85. The Morgan fingerprint density at radius 2 is 1.94 bits per heavy atom. The van der Waals surface area contributed by atoms with Gasteiger partial charge in [-0.2, -0.15) is 0 Å². The first-order chi connectivity index (χ1) is 8.00. The lowest BCUT2D eigenvalue weighted by Gasteiger charge is -2.29. The van der Waals surface area contributed by atoms with Gasteiger partial charge in [-0.05, 0) is 51.2 Å². The van der Waals surface area contributed by atoms with Crippen molar-refractivity contribution in [2.45, 2.75) is 39.2 Å². The summed E-state index contributed by atoms with van der Waals surface area (Å²) in [6.45, 7) is 7.09. The SMILES string of the molecule is CC(C)[C@H](N)C(=O)NCCC1CCN(C)CC1.Cl. The number of halogens is 1.